The average molecular weight is 348 g/mol. The molecule has 0 saturated carbocycles. The molecule has 0 unspecified atom stereocenters. The van der Waals surface area contributed by atoms with E-state index >= 15 is 0 Å². The van der Waals surface area contributed by atoms with Gasteiger partial charge in [-0.25, -0.2) is 4.98 Å². The summed E-state index contributed by atoms with van der Waals surface area (Å²) in [6.45, 7) is 0. The molecule has 4 nitrogen and oxygen atoms in total. The van der Waals surface area contributed by atoms with Crippen molar-refractivity contribution < 1.29 is 9.90 Å². The summed E-state index contributed by atoms with van der Waals surface area (Å²) in [5.74, 6) is -0.908. The molecule has 2 aromatic rings. The lowest BCUT2D eigenvalue weighted by atomic mass is 10.3. The van der Waals surface area contributed by atoms with Gasteiger partial charge in [0.2, 0.25) is 0 Å². The first-order valence-corrected chi connectivity index (χ1v) is 7.07. The van der Waals surface area contributed by atoms with Crippen LogP contribution >= 0.6 is 39.3 Å². The summed E-state index contributed by atoms with van der Waals surface area (Å²) < 4.78 is 2.66. The van der Waals surface area contributed by atoms with E-state index in [9.17, 15) is 4.79 Å². The number of aromatic nitrogens is 2. The highest BCUT2D eigenvalue weighted by Gasteiger charge is 2.10. The molecule has 0 atom stereocenters. The van der Waals surface area contributed by atoms with Crippen LogP contribution in [-0.2, 0) is 4.79 Å². The van der Waals surface area contributed by atoms with Gasteiger partial charge in [-0.15, -0.1) is 0 Å². The molecule has 94 valence electrons. The van der Waals surface area contributed by atoms with Gasteiger partial charge in [-0.05, 0) is 34.1 Å². The Morgan fingerprint density at radius 2 is 2.33 bits per heavy atom. The van der Waals surface area contributed by atoms with Crippen molar-refractivity contribution in [3.8, 4) is 5.69 Å². The van der Waals surface area contributed by atoms with E-state index in [1.54, 1.807) is 29.1 Å². The molecule has 0 aliphatic rings. The number of carboxylic acid groups (broad SMARTS) is 1. The van der Waals surface area contributed by atoms with Crippen molar-refractivity contribution in [2.45, 2.75) is 5.16 Å². The van der Waals surface area contributed by atoms with Gasteiger partial charge in [0.25, 0.3) is 0 Å². The van der Waals surface area contributed by atoms with Crippen molar-refractivity contribution in [1.82, 2.24) is 9.55 Å². The van der Waals surface area contributed by atoms with Crippen LogP contribution in [0.25, 0.3) is 5.69 Å². The zero-order valence-electron chi connectivity index (χ0n) is 9.01. The summed E-state index contributed by atoms with van der Waals surface area (Å²) in [6, 6.07) is 5.40. The lowest BCUT2D eigenvalue weighted by Gasteiger charge is -2.09. The van der Waals surface area contributed by atoms with Gasteiger partial charge in [0, 0.05) is 21.9 Å². The molecule has 0 fully saturated rings. The monoisotopic (exact) mass is 346 g/mol. The maximum absolute atomic E-state index is 10.6. The molecular weight excluding hydrogens is 340 g/mol. The van der Waals surface area contributed by atoms with Crippen molar-refractivity contribution in [2.24, 2.45) is 0 Å². The number of imidazole rings is 1. The van der Waals surface area contributed by atoms with Gasteiger partial charge in [-0.3, -0.25) is 9.36 Å². The van der Waals surface area contributed by atoms with Gasteiger partial charge in [0.15, 0.2) is 5.16 Å². The van der Waals surface area contributed by atoms with Crippen molar-refractivity contribution in [1.29, 1.82) is 0 Å². The number of aliphatic carboxylic acids is 1. The second-order valence-electron chi connectivity index (χ2n) is 3.36. The van der Waals surface area contributed by atoms with E-state index in [0.29, 0.717) is 10.2 Å². The van der Waals surface area contributed by atoms with Crippen molar-refractivity contribution in [2.75, 3.05) is 5.75 Å². The van der Waals surface area contributed by atoms with Crippen LogP contribution in [0.4, 0.5) is 0 Å². The van der Waals surface area contributed by atoms with Crippen LogP contribution < -0.4 is 0 Å². The Morgan fingerprint density at radius 3 is 3.06 bits per heavy atom. The molecule has 1 N–H and O–H groups in total. The van der Waals surface area contributed by atoms with E-state index in [1.807, 2.05) is 6.07 Å². The molecule has 1 heterocycles. The summed E-state index contributed by atoms with van der Waals surface area (Å²) >= 11 is 10.6. The number of rotatable bonds is 4. The van der Waals surface area contributed by atoms with Crippen LogP contribution in [0.5, 0.6) is 0 Å². The zero-order chi connectivity index (χ0) is 13.1. The SMILES string of the molecule is O=C(O)CSc1nccn1-c1cc(Cl)ccc1Br. The predicted octanol–water partition coefficient (Wildman–Crippen LogP) is 3.46. The third-order valence-corrected chi connectivity index (χ3v) is 3.96. The fourth-order valence-corrected chi connectivity index (χ4v) is 2.67. The van der Waals surface area contributed by atoms with Gasteiger partial charge in [-0.1, -0.05) is 23.4 Å². The first-order valence-electron chi connectivity index (χ1n) is 4.91. The Bertz CT molecular complexity index is 588. The Kier molecular flexibility index (Phi) is 4.31. The third kappa shape index (κ3) is 3.07. The lowest BCUT2D eigenvalue weighted by molar-refractivity contribution is -0.133. The fraction of sp³-hybridized carbons (Fsp3) is 0.0909. The molecule has 7 heteroatoms. The van der Waals surface area contributed by atoms with Crippen LogP contribution in [0.2, 0.25) is 5.02 Å². The minimum absolute atomic E-state index is 0.0325. The summed E-state index contributed by atoms with van der Waals surface area (Å²) in [5, 5.41) is 9.90. The Hall–Kier alpha value is -0.980. The maximum Gasteiger partial charge on any atom is 0.313 e. The van der Waals surface area contributed by atoms with Gasteiger partial charge in [0.1, 0.15) is 0 Å². The lowest BCUT2D eigenvalue weighted by Crippen LogP contribution is -2.01. The van der Waals surface area contributed by atoms with Crippen molar-refractivity contribution >= 4 is 45.3 Å². The predicted molar refractivity (Wildman–Crippen MR) is 74.6 cm³/mol. The first kappa shape index (κ1) is 13.5. The number of nitrogens with zero attached hydrogens (tertiary/aromatic N) is 2. The molecule has 0 saturated heterocycles. The molecule has 2 rings (SSSR count). The van der Waals surface area contributed by atoms with E-state index in [4.69, 9.17) is 16.7 Å². The van der Waals surface area contributed by atoms with Gasteiger partial charge in [0.05, 0.1) is 11.4 Å². The summed E-state index contributed by atoms with van der Waals surface area (Å²) in [7, 11) is 0. The standard InChI is InChI=1S/C11H8BrClN2O2S/c12-8-2-1-7(13)5-9(8)15-4-3-14-11(15)18-6-10(16)17/h1-5H,6H2,(H,16,17). The Balaban J connectivity index is 2.36. The minimum atomic E-state index is -0.875. The first-order chi connectivity index (χ1) is 8.58. The molecule has 0 aliphatic carbocycles. The molecule has 1 aromatic heterocycles. The topological polar surface area (TPSA) is 55.1 Å². The van der Waals surface area contributed by atoms with Gasteiger partial charge in [-0.2, -0.15) is 0 Å². The number of carbonyl (C=O) groups is 1. The number of hydrogen-bond acceptors (Lipinski definition) is 3. The quantitative estimate of drug-likeness (QED) is 0.861. The number of hydrogen-bond donors (Lipinski definition) is 1. The van der Waals surface area contributed by atoms with Gasteiger partial charge >= 0.3 is 5.97 Å². The van der Waals surface area contributed by atoms with E-state index in [-0.39, 0.29) is 5.75 Å². The van der Waals surface area contributed by atoms with Crippen molar-refractivity contribution in [3.05, 3.63) is 40.1 Å². The number of benzene rings is 1. The van der Waals surface area contributed by atoms with Gasteiger partial charge < -0.3 is 5.11 Å². The molecule has 18 heavy (non-hydrogen) atoms. The molecule has 0 radical (unpaired) electrons. The largest absolute Gasteiger partial charge is 0.481 e. The highest BCUT2D eigenvalue weighted by atomic mass is 79.9. The van der Waals surface area contributed by atoms with Crippen LogP contribution in [0.1, 0.15) is 0 Å². The van der Waals surface area contributed by atoms with Crippen LogP contribution in [0.3, 0.4) is 0 Å². The van der Waals surface area contributed by atoms with Crippen LogP contribution in [0, 0.1) is 0 Å². The summed E-state index contributed by atoms with van der Waals surface area (Å²) in [5.41, 5.74) is 0.827. The van der Waals surface area contributed by atoms with E-state index < -0.39 is 5.97 Å². The van der Waals surface area contributed by atoms with Crippen LogP contribution in [-0.4, -0.2) is 26.4 Å². The fourth-order valence-electron chi connectivity index (χ4n) is 1.38. The molecule has 0 spiro atoms. The smallest absolute Gasteiger partial charge is 0.313 e. The maximum atomic E-state index is 10.6. The Labute approximate surface area is 121 Å². The number of carboxylic acids is 1. The molecular formula is C11H8BrClN2O2S. The van der Waals surface area contributed by atoms with E-state index in [2.05, 4.69) is 20.9 Å². The molecule has 0 amide bonds. The minimum Gasteiger partial charge on any atom is -0.481 e. The molecule has 0 bridgehead atoms. The average Bonchev–Trinajstić information content (AvgIpc) is 2.77. The van der Waals surface area contributed by atoms with E-state index in [1.165, 1.54) is 0 Å². The Morgan fingerprint density at radius 1 is 1.56 bits per heavy atom. The number of thioether (sulfide) groups is 1. The highest BCUT2D eigenvalue weighted by molar-refractivity contribution is 9.10. The molecule has 0 aliphatic heterocycles. The third-order valence-electron chi connectivity index (χ3n) is 2.10. The second-order valence-corrected chi connectivity index (χ2v) is 5.59. The number of halogens is 2. The van der Waals surface area contributed by atoms with Crippen LogP contribution in [0.15, 0.2) is 40.2 Å². The van der Waals surface area contributed by atoms with Crippen molar-refractivity contribution in [3.63, 3.8) is 0 Å². The molecule has 1 aromatic carbocycles. The summed E-state index contributed by atoms with van der Waals surface area (Å²) in [4.78, 5) is 14.7. The normalized spacial score (nSPS) is 10.6. The summed E-state index contributed by atoms with van der Waals surface area (Å²) in [6.07, 6.45) is 3.39. The highest BCUT2D eigenvalue weighted by Crippen LogP contribution is 2.28. The second kappa shape index (κ2) is 5.77. The zero-order valence-corrected chi connectivity index (χ0v) is 12.2. The van der Waals surface area contributed by atoms with E-state index in [0.717, 1.165) is 21.9 Å².